The predicted octanol–water partition coefficient (Wildman–Crippen LogP) is 16.1. The molecule has 0 aromatic heterocycles. The summed E-state index contributed by atoms with van der Waals surface area (Å²) in [6, 6.07) is 0. The van der Waals surface area contributed by atoms with E-state index in [1.165, 1.54) is 161 Å². The van der Waals surface area contributed by atoms with Crippen molar-refractivity contribution in [2.75, 3.05) is 13.2 Å². The van der Waals surface area contributed by atoms with Gasteiger partial charge in [-0.15, -0.1) is 0 Å². The zero-order chi connectivity index (χ0) is 41.9. The van der Waals surface area contributed by atoms with E-state index in [1.807, 2.05) is 0 Å². The van der Waals surface area contributed by atoms with Gasteiger partial charge >= 0.3 is 17.9 Å². The number of unbranched alkanes of at least 4 members (excludes halogenated alkanes) is 28. The third-order valence-corrected chi connectivity index (χ3v) is 12.2. The summed E-state index contributed by atoms with van der Waals surface area (Å²) in [6.07, 6.45) is 44.1. The van der Waals surface area contributed by atoms with Gasteiger partial charge in [0, 0.05) is 19.3 Å². The van der Waals surface area contributed by atoms with Crippen LogP contribution in [0.1, 0.15) is 279 Å². The van der Waals surface area contributed by atoms with Crippen molar-refractivity contribution < 1.29 is 28.6 Å². The van der Waals surface area contributed by atoms with E-state index in [1.54, 1.807) is 0 Å². The summed E-state index contributed by atoms with van der Waals surface area (Å²) < 4.78 is 16.6. The molecule has 6 nitrogen and oxygen atoms in total. The first kappa shape index (κ1) is 55.4. The second-order valence-electron chi connectivity index (χ2n) is 17.9. The van der Waals surface area contributed by atoms with E-state index in [0.29, 0.717) is 19.3 Å². The maximum Gasteiger partial charge on any atom is 0.306 e. The highest BCUT2D eigenvalue weighted by atomic mass is 16.6. The zero-order valence-electron chi connectivity index (χ0n) is 39.0. The first-order valence-electron chi connectivity index (χ1n) is 25.3. The van der Waals surface area contributed by atoms with Crippen LogP contribution in [0.25, 0.3) is 0 Å². The Bertz CT molecular complexity index is 874. The molecule has 0 aromatic rings. The van der Waals surface area contributed by atoms with Crippen LogP contribution in [0.5, 0.6) is 0 Å². The van der Waals surface area contributed by atoms with Crippen molar-refractivity contribution in [3.63, 3.8) is 0 Å². The van der Waals surface area contributed by atoms with Crippen LogP contribution < -0.4 is 0 Å². The highest BCUT2D eigenvalue weighted by Gasteiger charge is 2.19. The molecule has 0 saturated heterocycles. The molecular weight excluding hydrogens is 709 g/mol. The number of hydrogen-bond donors (Lipinski definition) is 0. The molecule has 0 rings (SSSR count). The van der Waals surface area contributed by atoms with Gasteiger partial charge in [0.2, 0.25) is 0 Å². The average Bonchev–Trinajstić information content (AvgIpc) is 3.21. The minimum Gasteiger partial charge on any atom is -0.462 e. The number of rotatable bonds is 45. The number of carbonyl (C=O) groups excluding carboxylic acids is 3. The number of hydrogen-bond acceptors (Lipinski definition) is 6. The van der Waals surface area contributed by atoms with Gasteiger partial charge in [-0.3, -0.25) is 14.4 Å². The molecule has 0 heterocycles. The van der Waals surface area contributed by atoms with Crippen molar-refractivity contribution in [3.8, 4) is 0 Å². The Labute approximate surface area is 355 Å². The van der Waals surface area contributed by atoms with E-state index >= 15 is 0 Å². The van der Waals surface area contributed by atoms with Crippen molar-refractivity contribution in [1.82, 2.24) is 0 Å². The van der Waals surface area contributed by atoms with Gasteiger partial charge in [0.1, 0.15) is 13.2 Å². The zero-order valence-corrected chi connectivity index (χ0v) is 39.0. The predicted molar refractivity (Wildman–Crippen MR) is 243 cm³/mol. The highest BCUT2D eigenvalue weighted by Crippen LogP contribution is 2.18. The molecule has 0 aliphatic carbocycles. The van der Waals surface area contributed by atoms with Crippen LogP contribution in [0.2, 0.25) is 0 Å². The van der Waals surface area contributed by atoms with Gasteiger partial charge in [-0.05, 0) is 31.1 Å². The quantitative estimate of drug-likeness (QED) is 0.0346. The van der Waals surface area contributed by atoms with Crippen molar-refractivity contribution in [2.45, 2.75) is 285 Å². The summed E-state index contributed by atoms with van der Waals surface area (Å²) in [7, 11) is 0. The van der Waals surface area contributed by atoms with Crippen LogP contribution in [0.3, 0.4) is 0 Å². The van der Waals surface area contributed by atoms with Crippen LogP contribution in [0.4, 0.5) is 0 Å². The molecule has 0 aliphatic heterocycles. The van der Waals surface area contributed by atoms with Gasteiger partial charge in [0.05, 0.1) is 0 Å². The fourth-order valence-corrected chi connectivity index (χ4v) is 7.57. The van der Waals surface area contributed by atoms with Gasteiger partial charge in [-0.2, -0.15) is 0 Å². The molecule has 0 amide bonds. The fourth-order valence-electron chi connectivity index (χ4n) is 7.57. The lowest BCUT2D eigenvalue weighted by Crippen LogP contribution is -2.30. The summed E-state index contributed by atoms with van der Waals surface area (Å²) in [5, 5.41) is 0. The third-order valence-electron chi connectivity index (χ3n) is 12.2. The van der Waals surface area contributed by atoms with Crippen LogP contribution in [0, 0.1) is 11.8 Å². The first-order chi connectivity index (χ1) is 27.8. The van der Waals surface area contributed by atoms with Crippen molar-refractivity contribution in [1.29, 1.82) is 0 Å². The lowest BCUT2D eigenvalue weighted by Gasteiger charge is -2.18. The highest BCUT2D eigenvalue weighted by molar-refractivity contribution is 5.71. The molecule has 0 N–H and O–H groups in total. The van der Waals surface area contributed by atoms with E-state index in [2.05, 4.69) is 34.6 Å². The SMILES string of the molecule is CCCCCCCC(=O)O[C@H](COC(=O)CCCCCCCCCCCCCCCCCCCCC(C)CC)COC(=O)CCCCCCCCCCC(C)CC. The molecule has 2 unspecified atom stereocenters. The lowest BCUT2D eigenvalue weighted by atomic mass is 9.99. The van der Waals surface area contributed by atoms with Crippen LogP contribution >= 0.6 is 0 Å². The maximum atomic E-state index is 12.6. The smallest absolute Gasteiger partial charge is 0.306 e. The number of ether oxygens (including phenoxy) is 3. The molecule has 0 fully saturated rings. The minimum atomic E-state index is -0.759. The first-order valence-corrected chi connectivity index (χ1v) is 25.3. The standard InChI is InChI=1S/C51H98O6/c1-6-9-10-29-38-43-51(54)57-48(45-56-50(53)42-37-33-28-24-23-26-31-35-40-47(5)8-3)44-55-49(52)41-36-32-27-22-20-18-16-14-12-11-13-15-17-19-21-25-30-34-39-46(4)7-2/h46-48H,6-45H2,1-5H3/t46?,47?,48-/m1/s1. The molecule has 0 spiro atoms. The largest absolute Gasteiger partial charge is 0.462 e. The Morgan fingerprint density at radius 1 is 0.351 bits per heavy atom. The summed E-state index contributed by atoms with van der Waals surface area (Å²) in [5.41, 5.74) is 0. The summed E-state index contributed by atoms with van der Waals surface area (Å²) in [4.78, 5) is 37.6. The van der Waals surface area contributed by atoms with Crippen molar-refractivity contribution in [3.05, 3.63) is 0 Å². The second kappa shape index (κ2) is 44.0. The summed E-state index contributed by atoms with van der Waals surface area (Å²) in [5.74, 6) is 0.891. The Hall–Kier alpha value is -1.59. The van der Waals surface area contributed by atoms with Crippen LogP contribution in [0.15, 0.2) is 0 Å². The normalized spacial score (nSPS) is 13.0. The average molecular weight is 807 g/mol. The number of carbonyl (C=O) groups is 3. The van der Waals surface area contributed by atoms with Gasteiger partial charge in [-0.1, -0.05) is 240 Å². The van der Waals surface area contributed by atoms with Crippen molar-refractivity contribution in [2.24, 2.45) is 11.8 Å². The second-order valence-corrected chi connectivity index (χ2v) is 17.9. The molecule has 0 saturated carbocycles. The molecule has 0 aliphatic rings. The monoisotopic (exact) mass is 807 g/mol. The van der Waals surface area contributed by atoms with E-state index in [0.717, 1.165) is 76.0 Å². The Morgan fingerprint density at radius 2 is 0.614 bits per heavy atom. The van der Waals surface area contributed by atoms with E-state index in [9.17, 15) is 14.4 Å². The van der Waals surface area contributed by atoms with E-state index in [4.69, 9.17) is 14.2 Å². The molecule has 338 valence electrons. The number of esters is 3. The molecule has 3 atom stereocenters. The molecule has 6 heteroatoms. The minimum absolute atomic E-state index is 0.0657. The van der Waals surface area contributed by atoms with Gasteiger partial charge in [0.25, 0.3) is 0 Å². The maximum absolute atomic E-state index is 12.6. The Kier molecular flexibility index (Phi) is 42.7. The van der Waals surface area contributed by atoms with Gasteiger partial charge in [0.15, 0.2) is 6.10 Å². The topological polar surface area (TPSA) is 78.9 Å². The van der Waals surface area contributed by atoms with Crippen LogP contribution in [-0.2, 0) is 28.6 Å². The van der Waals surface area contributed by atoms with E-state index in [-0.39, 0.29) is 31.1 Å². The molecule has 0 aromatic carbocycles. The summed E-state index contributed by atoms with van der Waals surface area (Å²) in [6.45, 7) is 11.3. The molecule has 0 bridgehead atoms. The van der Waals surface area contributed by atoms with Crippen LogP contribution in [-0.4, -0.2) is 37.2 Å². The van der Waals surface area contributed by atoms with Gasteiger partial charge in [-0.25, -0.2) is 0 Å². The molecule has 0 radical (unpaired) electrons. The fraction of sp³-hybridized carbons (Fsp3) is 0.941. The summed E-state index contributed by atoms with van der Waals surface area (Å²) >= 11 is 0. The molecule has 57 heavy (non-hydrogen) atoms. The third kappa shape index (κ3) is 42.3. The molecular formula is C51H98O6. The van der Waals surface area contributed by atoms with E-state index < -0.39 is 6.10 Å². The van der Waals surface area contributed by atoms with Gasteiger partial charge < -0.3 is 14.2 Å². The Balaban J connectivity index is 4.01. The lowest BCUT2D eigenvalue weighted by molar-refractivity contribution is -0.167. The van der Waals surface area contributed by atoms with Crippen molar-refractivity contribution >= 4 is 17.9 Å². The Morgan fingerprint density at radius 3 is 0.912 bits per heavy atom.